The molecule has 2 N–H and O–H groups in total. The van der Waals surface area contributed by atoms with Gasteiger partial charge in [-0.15, -0.1) is 0 Å². The van der Waals surface area contributed by atoms with Crippen LogP contribution in [0.25, 0.3) is 0 Å². The van der Waals surface area contributed by atoms with E-state index in [9.17, 15) is 9.90 Å². The normalized spacial score (nSPS) is 38.3. The van der Waals surface area contributed by atoms with Crippen molar-refractivity contribution in [3.63, 3.8) is 0 Å². The third-order valence-corrected chi connectivity index (χ3v) is 4.73. The fraction of sp³-hybridized carbons (Fsp3) is 0.667. The van der Waals surface area contributed by atoms with E-state index in [0.29, 0.717) is 30.3 Å². The average molecular weight is 250 g/mol. The van der Waals surface area contributed by atoms with Crippen LogP contribution in [0.5, 0.6) is 0 Å². The van der Waals surface area contributed by atoms with E-state index in [1.165, 1.54) is 0 Å². The van der Waals surface area contributed by atoms with Gasteiger partial charge < -0.3 is 10.2 Å². The SMILES string of the molecule is C=C1C(O)C/C=C(/C(=O)O)CCC2C1CC2(C)C. The maximum atomic E-state index is 11.1. The maximum absolute atomic E-state index is 11.1. The predicted octanol–water partition coefficient (Wildman–Crippen LogP) is 2.76. The van der Waals surface area contributed by atoms with Crippen LogP contribution in [0.15, 0.2) is 23.8 Å². The minimum absolute atomic E-state index is 0.237. The van der Waals surface area contributed by atoms with Crippen LogP contribution < -0.4 is 0 Å². The van der Waals surface area contributed by atoms with Crippen molar-refractivity contribution in [1.82, 2.24) is 0 Å². The van der Waals surface area contributed by atoms with E-state index in [2.05, 4.69) is 20.4 Å². The van der Waals surface area contributed by atoms with Gasteiger partial charge in [0.15, 0.2) is 0 Å². The smallest absolute Gasteiger partial charge is 0.331 e. The zero-order valence-corrected chi connectivity index (χ0v) is 11.1. The van der Waals surface area contributed by atoms with Crippen LogP contribution in [0.4, 0.5) is 0 Å². The molecule has 2 aliphatic rings. The third kappa shape index (κ3) is 2.24. The van der Waals surface area contributed by atoms with E-state index in [-0.39, 0.29) is 5.41 Å². The highest BCUT2D eigenvalue weighted by Crippen LogP contribution is 2.56. The molecule has 0 amide bonds. The summed E-state index contributed by atoms with van der Waals surface area (Å²) in [6.07, 6.45) is 3.97. The molecular weight excluding hydrogens is 228 g/mol. The van der Waals surface area contributed by atoms with E-state index in [4.69, 9.17) is 5.11 Å². The molecule has 3 unspecified atom stereocenters. The van der Waals surface area contributed by atoms with Gasteiger partial charge in [0.2, 0.25) is 0 Å². The molecule has 0 aromatic carbocycles. The average Bonchev–Trinajstić information content (AvgIpc) is 2.32. The quantitative estimate of drug-likeness (QED) is 0.703. The highest BCUT2D eigenvalue weighted by Gasteiger charge is 2.48. The van der Waals surface area contributed by atoms with Gasteiger partial charge in [0.25, 0.3) is 0 Å². The number of hydrogen-bond acceptors (Lipinski definition) is 2. The highest BCUT2D eigenvalue weighted by atomic mass is 16.4. The molecule has 0 aromatic heterocycles. The minimum Gasteiger partial charge on any atom is -0.478 e. The summed E-state index contributed by atoms with van der Waals surface area (Å²) in [5.41, 5.74) is 1.56. The fourth-order valence-electron chi connectivity index (χ4n) is 3.49. The van der Waals surface area contributed by atoms with Gasteiger partial charge in [0.1, 0.15) is 0 Å². The van der Waals surface area contributed by atoms with E-state index >= 15 is 0 Å². The van der Waals surface area contributed by atoms with Gasteiger partial charge in [-0.2, -0.15) is 0 Å². The first-order valence-corrected chi connectivity index (χ1v) is 6.62. The lowest BCUT2D eigenvalue weighted by atomic mass is 9.52. The van der Waals surface area contributed by atoms with E-state index < -0.39 is 12.1 Å². The number of aliphatic hydroxyl groups is 1. The summed E-state index contributed by atoms with van der Waals surface area (Å²) in [5.74, 6) is -0.0552. The Morgan fingerprint density at radius 2 is 2.17 bits per heavy atom. The topological polar surface area (TPSA) is 57.5 Å². The van der Waals surface area contributed by atoms with E-state index in [0.717, 1.165) is 18.4 Å². The Bertz CT molecular complexity index is 406. The second-order valence-electron chi connectivity index (χ2n) is 6.31. The lowest BCUT2D eigenvalue weighted by molar-refractivity contribution is -0.133. The van der Waals surface area contributed by atoms with Crippen molar-refractivity contribution in [3.05, 3.63) is 23.8 Å². The number of carboxylic acids is 1. The van der Waals surface area contributed by atoms with Gasteiger partial charge in [0, 0.05) is 5.57 Å². The lowest BCUT2D eigenvalue weighted by Crippen LogP contribution is -2.46. The molecule has 1 saturated carbocycles. The van der Waals surface area contributed by atoms with Crippen molar-refractivity contribution in [1.29, 1.82) is 0 Å². The number of fused-ring (bicyclic) bond motifs is 1. The fourth-order valence-corrected chi connectivity index (χ4v) is 3.49. The first-order chi connectivity index (χ1) is 8.33. The molecule has 0 bridgehead atoms. The Morgan fingerprint density at radius 3 is 2.72 bits per heavy atom. The van der Waals surface area contributed by atoms with Crippen LogP contribution in [0.1, 0.15) is 39.5 Å². The molecule has 3 atom stereocenters. The van der Waals surface area contributed by atoms with Crippen LogP contribution >= 0.6 is 0 Å². The molecule has 3 heteroatoms. The molecular formula is C15H22O3. The van der Waals surface area contributed by atoms with Crippen molar-refractivity contribution in [2.24, 2.45) is 17.3 Å². The largest absolute Gasteiger partial charge is 0.478 e. The number of aliphatic carboxylic acids is 1. The monoisotopic (exact) mass is 250 g/mol. The Morgan fingerprint density at radius 1 is 1.50 bits per heavy atom. The number of hydrogen-bond donors (Lipinski definition) is 2. The molecule has 0 aliphatic heterocycles. The summed E-state index contributed by atoms with van der Waals surface area (Å²) >= 11 is 0. The summed E-state index contributed by atoms with van der Waals surface area (Å²) in [6.45, 7) is 8.47. The van der Waals surface area contributed by atoms with Crippen LogP contribution in [0, 0.1) is 17.3 Å². The van der Waals surface area contributed by atoms with Crippen LogP contribution in [-0.2, 0) is 4.79 Å². The lowest BCUT2D eigenvalue weighted by Gasteiger charge is -2.53. The van der Waals surface area contributed by atoms with Gasteiger partial charge in [-0.05, 0) is 48.5 Å². The van der Waals surface area contributed by atoms with Gasteiger partial charge in [-0.3, -0.25) is 0 Å². The number of rotatable bonds is 1. The molecule has 0 aromatic rings. The second kappa shape index (κ2) is 4.54. The number of aliphatic hydroxyl groups excluding tert-OH is 1. The first kappa shape index (κ1) is 13.3. The van der Waals surface area contributed by atoms with Gasteiger partial charge in [-0.25, -0.2) is 4.79 Å². The molecule has 2 rings (SSSR count). The molecule has 0 heterocycles. The third-order valence-electron chi connectivity index (χ3n) is 4.73. The molecule has 2 aliphatic carbocycles. The number of carbonyl (C=O) groups is 1. The van der Waals surface area contributed by atoms with Gasteiger partial charge in [0.05, 0.1) is 6.10 Å². The predicted molar refractivity (Wildman–Crippen MR) is 70.1 cm³/mol. The molecule has 0 spiro atoms. The molecule has 18 heavy (non-hydrogen) atoms. The molecule has 1 fully saturated rings. The van der Waals surface area contributed by atoms with Gasteiger partial charge >= 0.3 is 5.97 Å². The van der Waals surface area contributed by atoms with Crippen molar-refractivity contribution in [3.8, 4) is 0 Å². The van der Waals surface area contributed by atoms with Crippen LogP contribution in [-0.4, -0.2) is 22.3 Å². The van der Waals surface area contributed by atoms with Crippen LogP contribution in [0.2, 0.25) is 0 Å². The molecule has 3 nitrogen and oxygen atoms in total. The van der Waals surface area contributed by atoms with Crippen molar-refractivity contribution < 1.29 is 15.0 Å². The summed E-state index contributed by atoms with van der Waals surface area (Å²) in [4.78, 5) is 11.1. The summed E-state index contributed by atoms with van der Waals surface area (Å²) in [5, 5.41) is 19.2. The highest BCUT2D eigenvalue weighted by molar-refractivity contribution is 5.86. The van der Waals surface area contributed by atoms with Crippen molar-refractivity contribution in [2.75, 3.05) is 0 Å². The van der Waals surface area contributed by atoms with Crippen LogP contribution in [0.3, 0.4) is 0 Å². The van der Waals surface area contributed by atoms with E-state index in [1.54, 1.807) is 6.08 Å². The maximum Gasteiger partial charge on any atom is 0.331 e. The standard InChI is InChI=1S/C15H22O3/c1-9-11-8-15(2,3)12(11)6-4-10(14(17)18)5-7-13(9)16/h5,11-13,16H,1,4,6-8H2,2-3H3,(H,17,18)/b10-5+. The Kier molecular flexibility index (Phi) is 3.37. The molecule has 0 saturated heterocycles. The van der Waals surface area contributed by atoms with Crippen molar-refractivity contribution >= 4 is 5.97 Å². The first-order valence-electron chi connectivity index (χ1n) is 6.62. The summed E-state index contributed by atoms with van der Waals surface area (Å²) in [7, 11) is 0. The van der Waals surface area contributed by atoms with E-state index in [1.807, 2.05) is 0 Å². The zero-order chi connectivity index (χ0) is 13.5. The Labute approximate surface area is 108 Å². The minimum atomic E-state index is -0.858. The summed E-state index contributed by atoms with van der Waals surface area (Å²) in [6, 6.07) is 0. The molecule has 100 valence electrons. The number of carboxylic acid groups (broad SMARTS) is 1. The molecule has 0 radical (unpaired) electrons. The second-order valence-corrected chi connectivity index (χ2v) is 6.31. The van der Waals surface area contributed by atoms with Crippen molar-refractivity contribution in [2.45, 2.75) is 45.6 Å². The zero-order valence-electron chi connectivity index (χ0n) is 11.1. The van der Waals surface area contributed by atoms with Gasteiger partial charge in [-0.1, -0.05) is 26.5 Å². The summed E-state index contributed by atoms with van der Waals surface area (Å²) < 4.78 is 0. The Balaban J connectivity index is 2.22. The Hall–Kier alpha value is -1.09.